The molecule has 3 rings (SSSR count). The van der Waals surface area contributed by atoms with Gasteiger partial charge < -0.3 is 10.2 Å². The van der Waals surface area contributed by atoms with E-state index in [-0.39, 0.29) is 5.69 Å². The summed E-state index contributed by atoms with van der Waals surface area (Å²) in [4.78, 5) is -0.228. The third-order valence-corrected chi connectivity index (χ3v) is 5.99. The van der Waals surface area contributed by atoms with E-state index in [0.717, 1.165) is 18.2 Å². The molecule has 0 unspecified atom stereocenters. The Morgan fingerprint density at radius 3 is 2.15 bits per heavy atom. The summed E-state index contributed by atoms with van der Waals surface area (Å²) in [5, 5.41) is 3.03. The average molecular weight is 388 g/mol. The van der Waals surface area contributed by atoms with E-state index in [1.807, 2.05) is 0 Å². The van der Waals surface area contributed by atoms with Gasteiger partial charge in [0.2, 0.25) is 9.84 Å². The molecule has 26 heavy (non-hydrogen) atoms. The number of hydrogen-bond acceptors (Lipinski definition) is 4. The van der Waals surface area contributed by atoms with Gasteiger partial charge in [0, 0.05) is 26.2 Å². The number of anilines is 1. The molecule has 0 atom stereocenters. The molecule has 0 amide bonds. The third-order valence-electron chi connectivity index (χ3n) is 4.16. The number of benzene rings is 2. The molecular formula is C17H16F4N2O2S. The Hall–Kier alpha value is -2.13. The molecule has 0 saturated carbocycles. The highest BCUT2D eigenvalue weighted by atomic mass is 32.2. The van der Waals surface area contributed by atoms with Gasteiger partial charge in [-0.3, -0.25) is 0 Å². The maximum Gasteiger partial charge on any atom is 0.419 e. The van der Waals surface area contributed by atoms with Crippen LogP contribution in [0.25, 0.3) is 0 Å². The van der Waals surface area contributed by atoms with Gasteiger partial charge in [0.15, 0.2) is 0 Å². The average Bonchev–Trinajstić information content (AvgIpc) is 2.61. The fourth-order valence-corrected chi connectivity index (χ4v) is 4.54. The number of nitrogens with zero attached hydrogens (tertiary/aromatic N) is 1. The van der Waals surface area contributed by atoms with Crippen molar-refractivity contribution in [2.45, 2.75) is 16.0 Å². The van der Waals surface area contributed by atoms with Crippen LogP contribution in [0.1, 0.15) is 5.56 Å². The molecule has 1 aliphatic rings. The van der Waals surface area contributed by atoms with Crippen molar-refractivity contribution in [2.75, 3.05) is 31.1 Å². The van der Waals surface area contributed by atoms with E-state index in [9.17, 15) is 26.0 Å². The van der Waals surface area contributed by atoms with Gasteiger partial charge in [-0.15, -0.1) is 0 Å². The number of hydrogen-bond donors (Lipinski definition) is 1. The Labute approximate surface area is 148 Å². The molecular weight excluding hydrogens is 372 g/mol. The minimum absolute atomic E-state index is 0.212. The van der Waals surface area contributed by atoms with E-state index in [0.29, 0.717) is 26.2 Å². The first-order valence-electron chi connectivity index (χ1n) is 7.88. The molecule has 1 fully saturated rings. The van der Waals surface area contributed by atoms with Gasteiger partial charge in [0.25, 0.3) is 0 Å². The second-order valence-corrected chi connectivity index (χ2v) is 7.71. The Morgan fingerprint density at radius 2 is 1.54 bits per heavy atom. The van der Waals surface area contributed by atoms with E-state index in [2.05, 4.69) is 5.32 Å². The molecule has 1 saturated heterocycles. The Morgan fingerprint density at radius 1 is 0.923 bits per heavy atom. The monoisotopic (exact) mass is 388 g/mol. The second-order valence-electron chi connectivity index (χ2n) is 5.82. The second kappa shape index (κ2) is 6.88. The topological polar surface area (TPSA) is 49.4 Å². The van der Waals surface area contributed by atoms with Crippen molar-refractivity contribution in [1.29, 1.82) is 0 Å². The Balaban J connectivity index is 2.23. The SMILES string of the molecule is O=S(=O)(c1ccccc1F)c1cccc(N2CCNCC2)c1C(F)(F)F. The van der Waals surface area contributed by atoms with Crippen LogP contribution in [-0.4, -0.2) is 34.6 Å². The largest absolute Gasteiger partial charge is 0.419 e. The van der Waals surface area contributed by atoms with Crippen molar-refractivity contribution in [3.05, 3.63) is 53.8 Å². The van der Waals surface area contributed by atoms with Gasteiger partial charge in [0.05, 0.1) is 16.1 Å². The van der Waals surface area contributed by atoms with Crippen LogP contribution in [0.2, 0.25) is 0 Å². The maximum absolute atomic E-state index is 14.0. The van der Waals surface area contributed by atoms with Gasteiger partial charge in [-0.25, -0.2) is 12.8 Å². The molecule has 1 heterocycles. The zero-order chi connectivity index (χ0) is 18.9. The molecule has 9 heteroatoms. The van der Waals surface area contributed by atoms with E-state index >= 15 is 0 Å². The predicted molar refractivity (Wildman–Crippen MR) is 88.4 cm³/mol. The molecule has 2 aromatic carbocycles. The van der Waals surface area contributed by atoms with Crippen LogP contribution in [0, 0.1) is 5.82 Å². The summed E-state index contributed by atoms with van der Waals surface area (Å²) in [5.41, 5.74) is -1.47. The lowest BCUT2D eigenvalue weighted by atomic mass is 10.1. The van der Waals surface area contributed by atoms with Crippen LogP contribution in [-0.2, 0) is 16.0 Å². The van der Waals surface area contributed by atoms with Crippen LogP contribution in [0.5, 0.6) is 0 Å². The van der Waals surface area contributed by atoms with Crippen LogP contribution in [0.4, 0.5) is 23.2 Å². The number of halogens is 4. The van der Waals surface area contributed by atoms with Gasteiger partial charge in [-0.1, -0.05) is 18.2 Å². The third kappa shape index (κ3) is 3.41. The highest BCUT2D eigenvalue weighted by Crippen LogP contribution is 2.42. The van der Waals surface area contributed by atoms with E-state index < -0.39 is 37.2 Å². The fourth-order valence-electron chi connectivity index (χ4n) is 2.98. The molecule has 1 N–H and O–H groups in total. The van der Waals surface area contributed by atoms with Crippen molar-refractivity contribution in [1.82, 2.24) is 5.32 Å². The highest BCUT2D eigenvalue weighted by Gasteiger charge is 2.42. The number of nitrogens with one attached hydrogen (secondary N) is 1. The summed E-state index contributed by atoms with van der Waals surface area (Å²) in [6.07, 6.45) is -4.91. The van der Waals surface area contributed by atoms with E-state index in [1.165, 1.54) is 29.2 Å². The van der Waals surface area contributed by atoms with Crippen LogP contribution in [0.3, 0.4) is 0 Å². The van der Waals surface area contributed by atoms with Crippen LogP contribution < -0.4 is 10.2 Å². The quantitative estimate of drug-likeness (QED) is 0.821. The fraction of sp³-hybridized carbons (Fsp3) is 0.294. The Bertz CT molecular complexity index is 907. The first-order valence-corrected chi connectivity index (χ1v) is 9.37. The normalized spacial score (nSPS) is 15.9. The lowest BCUT2D eigenvalue weighted by Crippen LogP contribution is -2.44. The van der Waals surface area contributed by atoms with Crippen LogP contribution >= 0.6 is 0 Å². The summed E-state index contributed by atoms with van der Waals surface area (Å²) >= 11 is 0. The zero-order valence-electron chi connectivity index (χ0n) is 13.6. The van der Waals surface area contributed by atoms with Gasteiger partial charge >= 0.3 is 6.18 Å². The van der Waals surface area contributed by atoms with Crippen molar-refractivity contribution < 1.29 is 26.0 Å². The van der Waals surface area contributed by atoms with Crippen molar-refractivity contribution >= 4 is 15.5 Å². The first-order chi connectivity index (χ1) is 12.2. The van der Waals surface area contributed by atoms with Gasteiger partial charge in [-0.05, 0) is 24.3 Å². The number of alkyl halides is 3. The summed E-state index contributed by atoms with van der Waals surface area (Å²) < 4.78 is 81.0. The van der Waals surface area contributed by atoms with E-state index in [1.54, 1.807) is 0 Å². The molecule has 0 radical (unpaired) electrons. The molecule has 2 aromatic rings. The summed E-state index contributed by atoms with van der Waals surface area (Å²) in [6, 6.07) is 7.77. The molecule has 1 aliphatic heterocycles. The summed E-state index contributed by atoms with van der Waals surface area (Å²) in [6.45, 7) is 1.60. The van der Waals surface area contributed by atoms with Crippen molar-refractivity contribution in [2.24, 2.45) is 0 Å². The number of rotatable bonds is 3. The minimum Gasteiger partial charge on any atom is -0.368 e. The lowest BCUT2D eigenvalue weighted by Gasteiger charge is -2.32. The van der Waals surface area contributed by atoms with Crippen LogP contribution in [0.15, 0.2) is 52.3 Å². The van der Waals surface area contributed by atoms with Gasteiger partial charge in [-0.2, -0.15) is 13.2 Å². The van der Waals surface area contributed by atoms with Gasteiger partial charge in [0.1, 0.15) is 10.7 Å². The molecule has 0 bridgehead atoms. The predicted octanol–water partition coefficient (Wildman–Crippen LogP) is 3.09. The molecule has 0 aliphatic carbocycles. The smallest absolute Gasteiger partial charge is 0.368 e. The molecule has 140 valence electrons. The highest BCUT2D eigenvalue weighted by molar-refractivity contribution is 7.91. The lowest BCUT2D eigenvalue weighted by molar-refractivity contribution is -0.139. The number of sulfone groups is 1. The minimum atomic E-state index is -4.91. The van der Waals surface area contributed by atoms with E-state index in [4.69, 9.17) is 0 Å². The number of piperazine rings is 1. The zero-order valence-corrected chi connectivity index (χ0v) is 14.4. The van der Waals surface area contributed by atoms with Crippen molar-refractivity contribution in [3.63, 3.8) is 0 Å². The molecule has 0 spiro atoms. The maximum atomic E-state index is 14.0. The standard InChI is InChI=1S/C17H16F4N2O2S/c18-12-4-1-2-6-14(12)26(24,25)15-7-3-5-13(16(15)17(19,20)21)23-10-8-22-9-11-23/h1-7,22H,8-11H2. The van der Waals surface area contributed by atoms with Crippen molar-refractivity contribution in [3.8, 4) is 0 Å². The molecule has 0 aromatic heterocycles. The first kappa shape index (κ1) is 18.7. The molecule has 4 nitrogen and oxygen atoms in total. The summed E-state index contributed by atoms with van der Waals surface area (Å²) in [5.74, 6) is -1.09. The summed E-state index contributed by atoms with van der Waals surface area (Å²) in [7, 11) is -4.68. The Kier molecular flexibility index (Phi) is 4.94.